The molecule has 122 valence electrons. The molecule has 6 heteroatoms. The third-order valence-electron chi connectivity index (χ3n) is 3.63. The van der Waals surface area contributed by atoms with Gasteiger partial charge in [0.1, 0.15) is 5.75 Å². The molecule has 0 aliphatic carbocycles. The first kappa shape index (κ1) is 17.0. The van der Waals surface area contributed by atoms with Crippen molar-refractivity contribution in [1.29, 1.82) is 0 Å². The molecule has 1 atom stereocenters. The van der Waals surface area contributed by atoms with Crippen molar-refractivity contribution in [1.82, 2.24) is 0 Å². The lowest BCUT2D eigenvalue weighted by Gasteiger charge is -2.36. The molecule has 0 bridgehead atoms. The molecule has 0 saturated heterocycles. The topological polar surface area (TPSA) is 21.3 Å². The molecule has 1 unspecified atom stereocenters. The van der Waals surface area contributed by atoms with Crippen LogP contribution in [0.15, 0.2) is 18.2 Å². The Morgan fingerprint density at radius 3 is 2.55 bits per heavy atom. The van der Waals surface area contributed by atoms with Gasteiger partial charge in [0.05, 0.1) is 10.7 Å². The van der Waals surface area contributed by atoms with Crippen molar-refractivity contribution in [2.75, 3.05) is 11.9 Å². The fourth-order valence-electron chi connectivity index (χ4n) is 2.23. The second-order valence-electron chi connectivity index (χ2n) is 5.82. The molecule has 0 aromatic heterocycles. The van der Waals surface area contributed by atoms with Gasteiger partial charge in [0.2, 0.25) is 5.60 Å². The summed E-state index contributed by atoms with van der Waals surface area (Å²) in [6.07, 6.45) is -2.17. The molecule has 0 spiro atoms. The average molecular weight is 334 g/mol. The predicted octanol–water partition coefficient (Wildman–Crippen LogP) is 5.52. The first-order chi connectivity index (χ1) is 10.2. The highest BCUT2D eigenvalue weighted by Crippen LogP contribution is 2.44. The molecule has 1 aliphatic heterocycles. The Morgan fingerprint density at radius 1 is 1.32 bits per heavy atom. The molecule has 1 aliphatic rings. The molecule has 1 aromatic rings. The Balaban J connectivity index is 2.36. The summed E-state index contributed by atoms with van der Waals surface area (Å²) in [7, 11) is 0. The Morgan fingerprint density at radius 2 is 2.00 bits per heavy atom. The number of halogens is 4. The maximum atomic E-state index is 13.3. The number of nitrogens with one attached hydrogen (secondary N) is 1. The minimum atomic E-state index is -4.47. The SMILES string of the molecule is CCC1(C(F)(F)F)C=Cc2cc(Cl)c(NCC(C)C)cc2O1. The normalized spacial score (nSPS) is 20.7. The lowest BCUT2D eigenvalue weighted by Crippen LogP contribution is -2.49. The van der Waals surface area contributed by atoms with Crippen molar-refractivity contribution in [3.63, 3.8) is 0 Å². The average Bonchev–Trinajstić information content (AvgIpc) is 2.43. The molecule has 0 saturated carbocycles. The highest BCUT2D eigenvalue weighted by atomic mass is 35.5. The van der Waals surface area contributed by atoms with Crippen molar-refractivity contribution in [2.45, 2.75) is 39.0 Å². The highest BCUT2D eigenvalue weighted by Gasteiger charge is 2.55. The van der Waals surface area contributed by atoms with E-state index in [0.29, 0.717) is 28.7 Å². The van der Waals surface area contributed by atoms with E-state index in [1.54, 1.807) is 12.1 Å². The van der Waals surface area contributed by atoms with Gasteiger partial charge in [0.25, 0.3) is 0 Å². The number of benzene rings is 1. The zero-order valence-corrected chi connectivity index (χ0v) is 13.5. The zero-order chi connectivity index (χ0) is 16.5. The van der Waals surface area contributed by atoms with E-state index in [2.05, 4.69) is 5.32 Å². The summed E-state index contributed by atoms with van der Waals surface area (Å²) >= 11 is 6.17. The Kier molecular flexibility index (Phi) is 4.66. The lowest BCUT2D eigenvalue weighted by molar-refractivity contribution is -0.230. The Labute approximate surface area is 133 Å². The summed E-state index contributed by atoms with van der Waals surface area (Å²) in [4.78, 5) is 0. The molecular weight excluding hydrogens is 315 g/mol. The van der Waals surface area contributed by atoms with Gasteiger partial charge in [-0.1, -0.05) is 38.4 Å². The number of hydrogen-bond acceptors (Lipinski definition) is 2. The molecule has 0 fully saturated rings. The molecule has 22 heavy (non-hydrogen) atoms. The van der Waals surface area contributed by atoms with Gasteiger partial charge < -0.3 is 10.1 Å². The van der Waals surface area contributed by atoms with Gasteiger partial charge in [-0.2, -0.15) is 13.2 Å². The first-order valence-corrected chi connectivity index (χ1v) is 7.58. The van der Waals surface area contributed by atoms with Crippen molar-refractivity contribution >= 4 is 23.4 Å². The van der Waals surface area contributed by atoms with E-state index in [4.69, 9.17) is 16.3 Å². The van der Waals surface area contributed by atoms with Gasteiger partial charge >= 0.3 is 6.18 Å². The van der Waals surface area contributed by atoms with Gasteiger partial charge in [-0.3, -0.25) is 0 Å². The molecular formula is C16H19ClF3NO. The summed E-state index contributed by atoms with van der Waals surface area (Å²) in [6.45, 7) is 6.19. The van der Waals surface area contributed by atoms with E-state index in [9.17, 15) is 13.2 Å². The Hall–Kier alpha value is -1.36. The van der Waals surface area contributed by atoms with E-state index in [1.165, 1.54) is 13.0 Å². The van der Waals surface area contributed by atoms with Gasteiger partial charge in [-0.05, 0) is 24.5 Å². The van der Waals surface area contributed by atoms with Gasteiger partial charge in [0.15, 0.2) is 0 Å². The van der Waals surface area contributed by atoms with Gasteiger partial charge in [-0.25, -0.2) is 0 Å². The molecule has 0 amide bonds. The van der Waals surface area contributed by atoms with Gasteiger partial charge in [0, 0.05) is 18.2 Å². The number of alkyl halides is 3. The van der Waals surface area contributed by atoms with Crippen LogP contribution in [0.3, 0.4) is 0 Å². The van der Waals surface area contributed by atoms with Crippen LogP contribution in [0, 0.1) is 5.92 Å². The van der Waals surface area contributed by atoms with E-state index in [0.717, 1.165) is 6.08 Å². The zero-order valence-electron chi connectivity index (χ0n) is 12.7. The van der Waals surface area contributed by atoms with Crippen LogP contribution in [0.25, 0.3) is 6.08 Å². The van der Waals surface area contributed by atoms with Crippen LogP contribution in [0.4, 0.5) is 18.9 Å². The van der Waals surface area contributed by atoms with E-state index >= 15 is 0 Å². The van der Waals surface area contributed by atoms with Crippen molar-refractivity contribution in [2.24, 2.45) is 5.92 Å². The van der Waals surface area contributed by atoms with Crippen LogP contribution in [-0.2, 0) is 0 Å². The van der Waals surface area contributed by atoms with E-state index in [1.807, 2.05) is 13.8 Å². The van der Waals surface area contributed by atoms with Crippen LogP contribution in [0.5, 0.6) is 5.75 Å². The summed E-state index contributed by atoms with van der Waals surface area (Å²) in [5, 5.41) is 3.59. The summed E-state index contributed by atoms with van der Waals surface area (Å²) < 4.78 is 45.2. The van der Waals surface area contributed by atoms with Crippen LogP contribution >= 0.6 is 11.6 Å². The lowest BCUT2D eigenvalue weighted by atomic mass is 9.94. The third-order valence-corrected chi connectivity index (χ3v) is 3.94. The number of fused-ring (bicyclic) bond motifs is 1. The van der Waals surface area contributed by atoms with Crippen LogP contribution in [-0.4, -0.2) is 18.3 Å². The maximum Gasteiger partial charge on any atom is 0.432 e. The number of hydrogen-bond donors (Lipinski definition) is 1. The molecule has 2 nitrogen and oxygen atoms in total. The largest absolute Gasteiger partial charge is 0.473 e. The van der Waals surface area contributed by atoms with Gasteiger partial charge in [-0.15, -0.1) is 0 Å². The standard InChI is InChI=1S/C16H19ClF3NO/c1-4-15(16(18,19)20)6-5-11-7-12(17)13(8-14(11)22-15)21-9-10(2)3/h5-8,10,21H,4,9H2,1-3H3. The molecule has 1 aromatic carbocycles. The van der Waals surface area contributed by atoms with Crippen molar-refractivity contribution in [3.8, 4) is 5.75 Å². The smallest absolute Gasteiger partial charge is 0.432 e. The van der Waals surface area contributed by atoms with Crippen LogP contribution < -0.4 is 10.1 Å². The first-order valence-electron chi connectivity index (χ1n) is 7.21. The van der Waals surface area contributed by atoms with E-state index < -0.39 is 11.8 Å². The molecule has 1 heterocycles. The number of anilines is 1. The number of rotatable bonds is 4. The van der Waals surface area contributed by atoms with E-state index in [-0.39, 0.29) is 12.2 Å². The van der Waals surface area contributed by atoms with Crippen LogP contribution in [0.1, 0.15) is 32.8 Å². The second kappa shape index (κ2) is 6.03. The van der Waals surface area contributed by atoms with Crippen LogP contribution in [0.2, 0.25) is 5.02 Å². The monoisotopic (exact) mass is 333 g/mol. The fraction of sp³-hybridized carbons (Fsp3) is 0.500. The predicted molar refractivity (Wildman–Crippen MR) is 83.5 cm³/mol. The summed E-state index contributed by atoms with van der Waals surface area (Å²) in [5.74, 6) is 0.579. The fourth-order valence-corrected chi connectivity index (χ4v) is 2.47. The summed E-state index contributed by atoms with van der Waals surface area (Å²) in [6, 6.07) is 3.16. The maximum absolute atomic E-state index is 13.3. The van der Waals surface area contributed by atoms with Crippen molar-refractivity contribution in [3.05, 3.63) is 28.8 Å². The van der Waals surface area contributed by atoms with Crippen molar-refractivity contribution < 1.29 is 17.9 Å². The molecule has 0 radical (unpaired) electrons. The quantitative estimate of drug-likeness (QED) is 0.782. The molecule has 1 N–H and O–H groups in total. The second-order valence-corrected chi connectivity index (χ2v) is 6.23. The Bertz CT molecular complexity index is 583. The number of ether oxygens (including phenoxy) is 1. The highest BCUT2D eigenvalue weighted by molar-refractivity contribution is 6.33. The summed E-state index contributed by atoms with van der Waals surface area (Å²) in [5.41, 5.74) is -1.15. The third kappa shape index (κ3) is 3.19. The molecule has 2 rings (SSSR count). The minimum absolute atomic E-state index is 0.191. The minimum Gasteiger partial charge on any atom is -0.473 e.